The Morgan fingerprint density at radius 2 is 2.23 bits per heavy atom. The molecule has 1 aliphatic heterocycles. The van der Waals surface area contributed by atoms with Crippen LogP contribution in [0, 0.1) is 0 Å². The summed E-state index contributed by atoms with van der Waals surface area (Å²) in [5.74, 6) is 0. The molecule has 7 nitrogen and oxygen atoms in total. The van der Waals surface area contributed by atoms with Crippen molar-refractivity contribution in [2.75, 3.05) is 6.54 Å². The molecule has 1 amide bonds. The van der Waals surface area contributed by atoms with Gasteiger partial charge in [0.1, 0.15) is 5.60 Å². The van der Waals surface area contributed by atoms with Crippen molar-refractivity contribution in [3.63, 3.8) is 0 Å². The van der Waals surface area contributed by atoms with Crippen molar-refractivity contribution in [1.82, 2.24) is 25.2 Å². The van der Waals surface area contributed by atoms with Crippen LogP contribution in [0.2, 0.25) is 0 Å². The van der Waals surface area contributed by atoms with E-state index in [1.807, 2.05) is 32.7 Å². The Hall–Kier alpha value is -1.63. The van der Waals surface area contributed by atoms with Gasteiger partial charge in [-0.15, -0.1) is 5.10 Å². The third-order valence-corrected chi connectivity index (χ3v) is 3.97. The van der Waals surface area contributed by atoms with Gasteiger partial charge in [-0.25, -0.2) is 4.79 Å². The van der Waals surface area contributed by atoms with E-state index in [1.54, 1.807) is 10.9 Å². The summed E-state index contributed by atoms with van der Waals surface area (Å²) in [6.45, 7) is 9.20. The summed E-state index contributed by atoms with van der Waals surface area (Å²) in [5, 5.41) is 11.3. The number of piperidine rings is 1. The smallest absolute Gasteiger partial charge is 0.410 e. The minimum atomic E-state index is -0.461. The van der Waals surface area contributed by atoms with E-state index in [1.165, 1.54) is 0 Å². The third kappa shape index (κ3) is 4.19. The second-order valence-corrected chi connectivity index (χ2v) is 6.89. The van der Waals surface area contributed by atoms with Gasteiger partial charge >= 0.3 is 6.09 Å². The van der Waals surface area contributed by atoms with Gasteiger partial charge in [0.2, 0.25) is 0 Å². The highest BCUT2D eigenvalue weighted by atomic mass is 16.6. The van der Waals surface area contributed by atoms with Gasteiger partial charge in [0.05, 0.1) is 11.9 Å². The number of nitrogens with zero attached hydrogens (tertiary/aromatic N) is 4. The molecule has 2 unspecified atom stereocenters. The maximum absolute atomic E-state index is 12.3. The molecule has 0 spiro atoms. The fraction of sp³-hybridized carbons (Fsp3) is 0.800. The second kappa shape index (κ2) is 6.64. The molecule has 1 aliphatic rings. The lowest BCUT2D eigenvalue weighted by molar-refractivity contribution is 0.00695. The van der Waals surface area contributed by atoms with Gasteiger partial charge in [0.15, 0.2) is 0 Å². The summed E-state index contributed by atoms with van der Waals surface area (Å²) in [6, 6.07) is 0.348. The highest BCUT2D eigenvalue weighted by Gasteiger charge is 2.33. The molecule has 1 aromatic heterocycles. The predicted molar refractivity (Wildman–Crippen MR) is 83.3 cm³/mol. The second-order valence-electron chi connectivity index (χ2n) is 6.89. The van der Waals surface area contributed by atoms with Crippen molar-refractivity contribution in [2.45, 2.75) is 64.8 Å². The van der Waals surface area contributed by atoms with Crippen LogP contribution >= 0.6 is 0 Å². The minimum Gasteiger partial charge on any atom is -0.444 e. The van der Waals surface area contributed by atoms with E-state index in [4.69, 9.17) is 4.74 Å². The van der Waals surface area contributed by atoms with Gasteiger partial charge in [-0.05, 0) is 40.5 Å². The molecule has 7 heteroatoms. The van der Waals surface area contributed by atoms with Crippen LogP contribution in [0.15, 0.2) is 6.20 Å². The number of ether oxygens (including phenoxy) is 1. The zero-order valence-corrected chi connectivity index (χ0v) is 14.2. The van der Waals surface area contributed by atoms with Crippen LogP contribution in [0.1, 0.15) is 46.2 Å². The molecule has 0 radical (unpaired) electrons. The lowest BCUT2D eigenvalue weighted by Gasteiger charge is -2.40. The van der Waals surface area contributed by atoms with E-state index in [2.05, 4.69) is 22.6 Å². The van der Waals surface area contributed by atoms with Crippen molar-refractivity contribution < 1.29 is 9.53 Å². The molecule has 124 valence electrons. The molecule has 0 aliphatic carbocycles. The number of carbonyl (C=O) groups is 1. The molecular formula is C15H27N5O2. The Kier molecular flexibility index (Phi) is 5.05. The quantitative estimate of drug-likeness (QED) is 0.920. The Balaban J connectivity index is 1.93. The summed E-state index contributed by atoms with van der Waals surface area (Å²) in [4.78, 5) is 14.1. The van der Waals surface area contributed by atoms with E-state index < -0.39 is 5.60 Å². The molecule has 2 heterocycles. The van der Waals surface area contributed by atoms with Gasteiger partial charge in [-0.2, -0.15) is 0 Å². The Bertz CT molecular complexity index is 508. The molecule has 22 heavy (non-hydrogen) atoms. The monoisotopic (exact) mass is 309 g/mol. The molecule has 1 aromatic rings. The predicted octanol–water partition coefficient (Wildman–Crippen LogP) is 1.69. The van der Waals surface area contributed by atoms with Crippen LogP contribution in [0.4, 0.5) is 4.79 Å². The molecule has 1 saturated heterocycles. The van der Waals surface area contributed by atoms with Crippen LogP contribution in [-0.2, 0) is 18.3 Å². The van der Waals surface area contributed by atoms with Crippen molar-refractivity contribution in [1.29, 1.82) is 0 Å². The maximum atomic E-state index is 12.3. The van der Waals surface area contributed by atoms with Gasteiger partial charge in [0, 0.05) is 32.2 Å². The van der Waals surface area contributed by atoms with Crippen molar-refractivity contribution in [3.8, 4) is 0 Å². The average Bonchev–Trinajstić information content (AvgIpc) is 2.81. The molecule has 2 rings (SSSR count). The Morgan fingerprint density at radius 3 is 2.82 bits per heavy atom. The first kappa shape index (κ1) is 16.7. The summed E-state index contributed by atoms with van der Waals surface area (Å²) in [5.41, 5.74) is 0.568. The number of rotatable bonds is 3. The standard InChI is InChI=1S/C15H27N5O2/c1-11-13(16-9-12-10-17-18-19(12)5)7-6-8-20(11)14(21)22-15(2,3)4/h10-11,13,16H,6-9H2,1-5H3. The maximum Gasteiger partial charge on any atom is 0.410 e. The fourth-order valence-corrected chi connectivity index (χ4v) is 2.70. The first-order valence-corrected chi connectivity index (χ1v) is 7.84. The number of aromatic nitrogens is 3. The number of nitrogens with one attached hydrogen (secondary N) is 1. The summed E-state index contributed by atoms with van der Waals surface area (Å²) < 4.78 is 7.26. The highest BCUT2D eigenvalue weighted by molar-refractivity contribution is 5.68. The fourth-order valence-electron chi connectivity index (χ4n) is 2.70. The average molecular weight is 309 g/mol. The molecular weight excluding hydrogens is 282 g/mol. The molecule has 2 atom stereocenters. The Labute approximate surface area is 132 Å². The molecule has 0 bridgehead atoms. The van der Waals surface area contributed by atoms with Crippen LogP contribution < -0.4 is 5.32 Å². The number of amides is 1. The van der Waals surface area contributed by atoms with Gasteiger partial charge < -0.3 is 15.0 Å². The van der Waals surface area contributed by atoms with Gasteiger partial charge in [-0.1, -0.05) is 5.21 Å². The first-order valence-electron chi connectivity index (χ1n) is 7.84. The van der Waals surface area contributed by atoms with Crippen LogP contribution in [0.5, 0.6) is 0 Å². The van der Waals surface area contributed by atoms with E-state index in [0.717, 1.165) is 25.1 Å². The van der Waals surface area contributed by atoms with E-state index in [0.29, 0.717) is 6.54 Å². The van der Waals surface area contributed by atoms with Gasteiger partial charge in [-0.3, -0.25) is 4.68 Å². The number of likely N-dealkylation sites (tertiary alicyclic amines) is 1. The van der Waals surface area contributed by atoms with Crippen LogP contribution in [0.3, 0.4) is 0 Å². The first-order chi connectivity index (χ1) is 10.3. The van der Waals surface area contributed by atoms with Crippen molar-refractivity contribution in [2.24, 2.45) is 7.05 Å². The summed E-state index contributed by atoms with van der Waals surface area (Å²) >= 11 is 0. The number of carbonyl (C=O) groups excluding carboxylic acids is 1. The highest BCUT2D eigenvalue weighted by Crippen LogP contribution is 2.21. The molecule has 0 saturated carbocycles. The van der Waals surface area contributed by atoms with E-state index in [9.17, 15) is 4.79 Å². The molecule has 0 aromatic carbocycles. The topological polar surface area (TPSA) is 72.3 Å². The normalized spacial score (nSPS) is 22.7. The number of hydrogen-bond acceptors (Lipinski definition) is 5. The lowest BCUT2D eigenvalue weighted by Crippen LogP contribution is -2.55. The number of hydrogen-bond donors (Lipinski definition) is 1. The van der Waals surface area contributed by atoms with E-state index in [-0.39, 0.29) is 18.2 Å². The zero-order valence-electron chi connectivity index (χ0n) is 14.2. The molecule has 1 N–H and O–H groups in total. The largest absolute Gasteiger partial charge is 0.444 e. The van der Waals surface area contributed by atoms with Crippen LogP contribution in [-0.4, -0.2) is 50.2 Å². The van der Waals surface area contributed by atoms with Crippen molar-refractivity contribution >= 4 is 6.09 Å². The summed E-state index contributed by atoms with van der Waals surface area (Å²) in [6.07, 6.45) is 3.55. The van der Waals surface area contributed by atoms with Crippen molar-refractivity contribution in [3.05, 3.63) is 11.9 Å². The number of aryl methyl sites for hydroxylation is 1. The lowest BCUT2D eigenvalue weighted by atomic mass is 9.98. The summed E-state index contributed by atoms with van der Waals surface area (Å²) in [7, 11) is 1.88. The van der Waals surface area contributed by atoms with Crippen LogP contribution in [0.25, 0.3) is 0 Å². The third-order valence-electron chi connectivity index (χ3n) is 3.97. The SMILES string of the molecule is CC1C(NCc2cnnn2C)CCCN1C(=O)OC(C)(C)C. The minimum absolute atomic E-state index is 0.102. The zero-order chi connectivity index (χ0) is 16.3. The van der Waals surface area contributed by atoms with E-state index >= 15 is 0 Å². The van der Waals surface area contributed by atoms with Gasteiger partial charge in [0.25, 0.3) is 0 Å². The molecule has 1 fully saturated rings. The Morgan fingerprint density at radius 1 is 1.50 bits per heavy atom.